The lowest BCUT2D eigenvalue weighted by molar-refractivity contribution is 0.588. The molecule has 10 heavy (non-hydrogen) atoms. The Balaban J connectivity index is 3.21. The summed E-state index contributed by atoms with van der Waals surface area (Å²) in [7, 11) is 0. The molecule has 58 valence electrons. The topological polar surface area (TPSA) is 64.4 Å². The number of hydrogen-bond donors (Lipinski definition) is 2. The quantitative estimate of drug-likeness (QED) is 0.349. The van der Waals surface area contributed by atoms with Crippen molar-refractivity contribution in [3.05, 3.63) is 0 Å². The van der Waals surface area contributed by atoms with Crippen LogP contribution in [-0.4, -0.2) is 17.9 Å². The summed E-state index contributed by atoms with van der Waals surface area (Å²) < 4.78 is 0. The van der Waals surface area contributed by atoms with Crippen LogP contribution in [-0.2, 0) is 0 Å². The van der Waals surface area contributed by atoms with E-state index in [2.05, 4.69) is 22.4 Å². The minimum atomic E-state index is -0.177. The van der Waals surface area contributed by atoms with Crippen molar-refractivity contribution >= 4 is 17.4 Å². The summed E-state index contributed by atoms with van der Waals surface area (Å²) in [5, 5.41) is 2.25. The van der Waals surface area contributed by atoms with Crippen molar-refractivity contribution in [1.29, 1.82) is 0 Å². The van der Waals surface area contributed by atoms with Gasteiger partial charge in [-0.1, -0.05) is 0 Å². The fourth-order valence-electron chi connectivity index (χ4n) is 0.630. The van der Waals surface area contributed by atoms with Gasteiger partial charge in [0.15, 0.2) is 0 Å². The number of unbranched alkanes of at least 4 members (excludes halogenated alkanes) is 1. The zero-order valence-corrected chi connectivity index (χ0v) is 6.73. The SMILES string of the molecule is NCCCCC(N)N=C=S. The standard InChI is InChI=1S/C6H13N3S/c7-4-2-1-3-6(8)9-5-10/h6H,1-4,7-8H2. The number of hydrogen-bond acceptors (Lipinski definition) is 4. The molecular weight excluding hydrogens is 146 g/mol. The van der Waals surface area contributed by atoms with Crippen molar-refractivity contribution < 1.29 is 0 Å². The smallest absolute Gasteiger partial charge is 0.107 e. The Morgan fingerprint density at radius 2 is 2.20 bits per heavy atom. The van der Waals surface area contributed by atoms with Gasteiger partial charge in [-0.2, -0.15) is 0 Å². The van der Waals surface area contributed by atoms with Gasteiger partial charge in [-0.15, -0.1) is 0 Å². The van der Waals surface area contributed by atoms with Crippen LogP contribution in [0.2, 0.25) is 0 Å². The molecule has 1 atom stereocenters. The van der Waals surface area contributed by atoms with Gasteiger partial charge in [0.05, 0.1) is 5.16 Å². The second kappa shape index (κ2) is 6.83. The molecule has 0 aliphatic rings. The number of aliphatic imine (C=N–C) groups is 1. The van der Waals surface area contributed by atoms with Gasteiger partial charge in [0, 0.05) is 0 Å². The van der Waals surface area contributed by atoms with Crippen molar-refractivity contribution in [2.75, 3.05) is 6.54 Å². The first-order chi connectivity index (χ1) is 4.81. The van der Waals surface area contributed by atoms with E-state index in [-0.39, 0.29) is 6.17 Å². The molecule has 0 aromatic carbocycles. The molecule has 1 unspecified atom stereocenters. The molecule has 0 bridgehead atoms. The molecule has 4 N–H and O–H groups in total. The molecule has 0 spiro atoms. The first-order valence-electron chi connectivity index (χ1n) is 3.34. The molecule has 0 aliphatic heterocycles. The Morgan fingerprint density at radius 1 is 1.50 bits per heavy atom. The van der Waals surface area contributed by atoms with E-state index in [4.69, 9.17) is 11.5 Å². The maximum Gasteiger partial charge on any atom is 0.107 e. The van der Waals surface area contributed by atoms with Gasteiger partial charge in [0.1, 0.15) is 6.17 Å². The summed E-state index contributed by atoms with van der Waals surface area (Å²) in [5.74, 6) is 0. The monoisotopic (exact) mass is 159 g/mol. The van der Waals surface area contributed by atoms with Gasteiger partial charge < -0.3 is 11.5 Å². The van der Waals surface area contributed by atoms with Crippen LogP contribution in [0.15, 0.2) is 4.99 Å². The lowest BCUT2D eigenvalue weighted by Gasteiger charge is -2.01. The Morgan fingerprint density at radius 3 is 2.70 bits per heavy atom. The third-order valence-corrected chi connectivity index (χ3v) is 1.28. The van der Waals surface area contributed by atoms with Crippen molar-refractivity contribution in [3.8, 4) is 0 Å². The molecule has 0 aromatic rings. The summed E-state index contributed by atoms with van der Waals surface area (Å²) in [6, 6.07) is 0. The van der Waals surface area contributed by atoms with E-state index in [1.165, 1.54) is 0 Å². The third kappa shape index (κ3) is 5.85. The highest BCUT2D eigenvalue weighted by atomic mass is 32.1. The number of isothiocyanates is 1. The minimum absolute atomic E-state index is 0.177. The molecule has 0 rings (SSSR count). The number of rotatable bonds is 5. The zero-order valence-electron chi connectivity index (χ0n) is 5.92. The second-order valence-electron chi connectivity index (χ2n) is 2.07. The van der Waals surface area contributed by atoms with Crippen LogP contribution in [0.1, 0.15) is 19.3 Å². The van der Waals surface area contributed by atoms with Crippen LogP contribution in [0, 0.1) is 0 Å². The first kappa shape index (κ1) is 9.72. The predicted molar refractivity (Wildman–Crippen MR) is 45.9 cm³/mol. The maximum atomic E-state index is 5.49. The number of thiocarbonyl (C=S) groups is 1. The Bertz CT molecular complexity index is 120. The Hall–Kier alpha value is -0.280. The zero-order chi connectivity index (χ0) is 7.82. The highest BCUT2D eigenvalue weighted by Crippen LogP contribution is 1.97. The van der Waals surface area contributed by atoms with Crippen molar-refractivity contribution in [3.63, 3.8) is 0 Å². The van der Waals surface area contributed by atoms with E-state index >= 15 is 0 Å². The van der Waals surface area contributed by atoms with Gasteiger partial charge in [-0.05, 0) is 38.0 Å². The average Bonchev–Trinajstić information content (AvgIpc) is 1.89. The normalized spacial score (nSPS) is 12.2. The molecule has 0 aliphatic carbocycles. The van der Waals surface area contributed by atoms with Crippen LogP contribution in [0.4, 0.5) is 0 Å². The molecular formula is C6H13N3S. The summed E-state index contributed by atoms with van der Waals surface area (Å²) in [4.78, 5) is 3.70. The van der Waals surface area contributed by atoms with Gasteiger partial charge in [0.25, 0.3) is 0 Å². The Labute approximate surface area is 66.5 Å². The second-order valence-corrected chi connectivity index (χ2v) is 2.25. The number of nitrogens with zero attached hydrogens (tertiary/aromatic N) is 1. The molecule has 3 nitrogen and oxygen atoms in total. The van der Waals surface area contributed by atoms with Gasteiger partial charge in [-0.3, -0.25) is 0 Å². The largest absolute Gasteiger partial charge is 0.330 e. The average molecular weight is 159 g/mol. The lowest BCUT2D eigenvalue weighted by Crippen LogP contribution is -2.16. The molecule has 0 fully saturated rings. The van der Waals surface area contributed by atoms with E-state index in [1.807, 2.05) is 0 Å². The predicted octanol–water partition coefficient (Wildman–Crippen LogP) is 0.503. The van der Waals surface area contributed by atoms with Gasteiger partial charge in [0.2, 0.25) is 0 Å². The third-order valence-electron chi connectivity index (χ3n) is 1.17. The van der Waals surface area contributed by atoms with E-state index in [0.29, 0.717) is 6.54 Å². The molecule has 0 heterocycles. The molecule has 0 saturated heterocycles. The molecule has 4 heteroatoms. The van der Waals surface area contributed by atoms with Crippen molar-refractivity contribution in [2.45, 2.75) is 25.4 Å². The molecule has 0 amide bonds. The van der Waals surface area contributed by atoms with Crippen LogP contribution in [0.5, 0.6) is 0 Å². The highest BCUT2D eigenvalue weighted by Gasteiger charge is 1.95. The molecule has 0 aromatic heterocycles. The summed E-state index contributed by atoms with van der Waals surface area (Å²) in [5.41, 5.74) is 10.8. The van der Waals surface area contributed by atoms with E-state index in [0.717, 1.165) is 19.3 Å². The molecule has 0 radical (unpaired) electrons. The fourth-order valence-corrected chi connectivity index (χ4v) is 0.765. The maximum absolute atomic E-state index is 5.49. The van der Waals surface area contributed by atoms with Crippen LogP contribution in [0.3, 0.4) is 0 Å². The van der Waals surface area contributed by atoms with Crippen LogP contribution < -0.4 is 11.5 Å². The molecule has 0 saturated carbocycles. The number of nitrogens with two attached hydrogens (primary N) is 2. The van der Waals surface area contributed by atoms with Crippen molar-refractivity contribution in [1.82, 2.24) is 0 Å². The summed E-state index contributed by atoms with van der Waals surface area (Å²) >= 11 is 4.39. The summed E-state index contributed by atoms with van der Waals surface area (Å²) in [6.45, 7) is 0.716. The minimum Gasteiger partial charge on any atom is -0.330 e. The van der Waals surface area contributed by atoms with Crippen LogP contribution >= 0.6 is 12.2 Å². The van der Waals surface area contributed by atoms with Crippen molar-refractivity contribution in [2.24, 2.45) is 16.5 Å². The lowest BCUT2D eigenvalue weighted by atomic mass is 10.2. The highest BCUT2D eigenvalue weighted by molar-refractivity contribution is 7.78. The van der Waals surface area contributed by atoms with Crippen LogP contribution in [0.25, 0.3) is 0 Å². The fraction of sp³-hybridized carbons (Fsp3) is 0.833. The van der Waals surface area contributed by atoms with Gasteiger partial charge in [-0.25, -0.2) is 4.99 Å². The Kier molecular flexibility index (Phi) is 6.64. The van der Waals surface area contributed by atoms with E-state index < -0.39 is 0 Å². The first-order valence-corrected chi connectivity index (χ1v) is 3.74. The van der Waals surface area contributed by atoms with E-state index in [1.54, 1.807) is 0 Å². The van der Waals surface area contributed by atoms with E-state index in [9.17, 15) is 0 Å². The summed E-state index contributed by atoms with van der Waals surface area (Å²) in [6.07, 6.45) is 2.68. The van der Waals surface area contributed by atoms with Gasteiger partial charge >= 0.3 is 0 Å².